The molecule has 0 bridgehead atoms. The number of pyridine rings is 1. The molecule has 0 spiro atoms. The minimum Gasteiger partial charge on any atom is -0.324 e. The highest BCUT2D eigenvalue weighted by Crippen LogP contribution is 2.25. The van der Waals surface area contributed by atoms with Crippen LogP contribution in [0.15, 0.2) is 53.9 Å². The van der Waals surface area contributed by atoms with Crippen LogP contribution in [0.3, 0.4) is 0 Å². The molecule has 0 fully saturated rings. The molecule has 0 radical (unpaired) electrons. The van der Waals surface area contributed by atoms with Gasteiger partial charge in [0.05, 0.1) is 11.7 Å². The van der Waals surface area contributed by atoms with Crippen molar-refractivity contribution in [3.05, 3.63) is 54.4 Å². The normalized spacial score (nSPS) is 11.5. The maximum atomic E-state index is 4.57. The summed E-state index contributed by atoms with van der Waals surface area (Å²) in [5.41, 5.74) is 6.48. The lowest BCUT2D eigenvalue weighted by Crippen LogP contribution is -2.02. The topological polar surface area (TPSA) is 80.9 Å². The standard InChI is InChI=1S/C17H15N7/c1-2-24-14-6-4-3-5-13(14)15-16(24)20-17(23-21-15)22-19-11-12-7-9-18-10-8-12/h3-11H,2H2,1H3,(H,20,22,23). The fourth-order valence-corrected chi connectivity index (χ4v) is 2.69. The van der Waals surface area contributed by atoms with Crippen LogP contribution in [0.4, 0.5) is 5.95 Å². The second-order valence-corrected chi connectivity index (χ2v) is 5.22. The molecule has 7 heteroatoms. The number of nitrogens with zero attached hydrogens (tertiary/aromatic N) is 6. The minimum absolute atomic E-state index is 0.366. The van der Waals surface area contributed by atoms with E-state index in [0.29, 0.717) is 5.95 Å². The van der Waals surface area contributed by atoms with Crippen molar-refractivity contribution >= 4 is 34.2 Å². The summed E-state index contributed by atoms with van der Waals surface area (Å²) in [6.07, 6.45) is 5.11. The summed E-state index contributed by atoms with van der Waals surface area (Å²) in [6.45, 7) is 2.89. The molecule has 0 saturated heterocycles. The summed E-state index contributed by atoms with van der Waals surface area (Å²) < 4.78 is 2.12. The second-order valence-electron chi connectivity index (χ2n) is 5.22. The van der Waals surface area contributed by atoms with Gasteiger partial charge in [-0.05, 0) is 30.7 Å². The van der Waals surface area contributed by atoms with Crippen molar-refractivity contribution in [1.29, 1.82) is 0 Å². The predicted octanol–water partition coefficient (Wildman–Crippen LogP) is 2.84. The van der Waals surface area contributed by atoms with E-state index in [1.807, 2.05) is 30.3 Å². The van der Waals surface area contributed by atoms with E-state index < -0.39 is 0 Å². The number of benzene rings is 1. The average molecular weight is 317 g/mol. The van der Waals surface area contributed by atoms with Crippen LogP contribution in [0.1, 0.15) is 12.5 Å². The van der Waals surface area contributed by atoms with Crippen molar-refractivity contribution < 1.29 is 0 Å². The average Bonchev–Trinajstić information content (AvgIpc) is 2.95. The number of rotatable bonds is 4. The molecule has 0 saturated carbocycles. The second kappa shape index (κ2) is 6.04. The van der Waals surface area contributed by atoms with Gasteiger partial charge in [0.2, 0.25) is 0 Å². The van der Waals surface area contributed by atoms with Gasteiger partial charge in [-0.2, -0.15) is 10.1 Å². The Bertz CT molecular complexity index is 1020. The monoisotopic (exact) mass is 317 g/mol. The lowest BCUT2D eigenvalue weighted by atomic mass is 10.2. The van der Waals surface area contributed by atoms with E-state index in [9.17, 15) is 0 Å². The predicted molar refractivity (Wildman–Crippen MR) is 94.0 cm³/mol. The Morgan fingerprint density at radius 3 is 2.79 bits per heavy atom. The van der Waals surface area contributed by atoms with E-state index >= 15 is 0 Å². The number of hydrogen-bond acceptors (Lipinski definition) is 6. The van der Waals surface area contributed by atoms with E-state index in [0.717, 1.165) is 34.2 Å². The third-order valence-corrected chi connectivity index (χ3v) is 3.77. The van der Waals surface area contributed by atoms with Gasteiger partial charge in [0, 0.05) is 24.3 Å². The van der Waals surface area contributed by atoms with Crippen LogP contribution in [0.2, 0.25) is 0 Å². The molecule has 1 N–H and O–H groups in total. The molecule has 1 aromatic carbocycles. The van der Waals surface area contributed by atoms with E-state index in [-0.39, 0.29) is 0 Å². The lowest BCUT2D eigenvalue weighted by Gasteiger charge is -2.02. The number of hydrogen-bond donors (Lipinski definition) is 1. The van der Waals surface area contributed by atoms with E-state index in [1.165, 1.54) is 0 Å². The number of fused-ring (bicyclic) bond motifs is 3. The first kappa shape index (κ1) is 14.3. The van der Waals surface area contributed by atoms with Crippen molar-refractivity contribution in [1.82, 2.24) is 24.7 Å². The molecular formula is C17H15N7. The van der Waals surface area contributed by atoms with Gasteiger partial charge in [-0.25, -0.2) is 5.43 Å². The fourth-order valence-electron chi connectivity index (χ4n) is 2.69. The van der Waals surface area contributed by atoms with Gasteiger partial charge in [0.15, 0.2) is 5.65 Å². The highest BCUT2D eigenvalue weighted by Gasteiger charge is 2.13. The SMILES string of the molecule is CCn1c2ccccc2c2nnc(NN=Cc3ccncc3)nc21. The van der Waals surface area contributed by atoms with Crippen molar-refractivity contribution in [3.8, 4) is 0 Å². The van der Waals surface area contributed by atoms with Crippen LogP contribution in [0.25, 0.3) is 22.1 Å². The minimum atomic E-state index is 0.366. The molecule has 118 valence electrons. The summed E-state index contributed by atoms with van der Waals surface area (Å²) in [6, 6.07) is 11.8. The van der Waals surface area contributed by atoms with Crippen molar-refractivity contribution in [2.75, 3.05) is 5.43 Å². The molecule has 0 unspecified atom stereocenters. The fraction of sp³-hybridized carbons (Fsp3) is 0.118. The van der Waals surface area contributed by atoms with Gasteiger partial charge in [-0.15, -0.1) is 10.2 Å². The summed E-state index contributed by atoms with van der Waals surface area (Å²) in [4.78, 5) is 8.53. The van der Waals surface area contributed by atoms with E-state index in [4.69, 9.17) is 0 Å². The van der Waals surface area contributed by atoms with Gasteiger partial charge < -0.3 is 4.57 Å². The third-order valence-electron chi connectivity index (χ3n) is 3.77. The Kier molecular flexibility index (Phi) is 3.59. The third kappa shape index (κ3) is 2.45. The van der Waals surface area contributed by atoms with Gasteiger partial charge in [0.25, 0.3) is 5.95 Å². The Balaban J connectivity index is 1.70. The highest BCUT2D eigenvalue weighted by molar-refractivity contribution is 6.04. The lowest BCUT2D eigenvalue weighted by molar-refractivity contribution is 0.811. The molecule has 0 aliphatic heterocycles. The summed E-state index contributed by atoms with van der Waals surface area (Å²) in [7, 11) is 0. The Morgan fingerprint density at radius 2 is 1.96 bits per heavy atom. The summed E-state index contributed by atoms with van der Waals surface area (Å²) in [5.74, 6) is 0.366. The van der Waals surface area contributed by atoms with E-state index in [1.54, 1.807) is 18.6 Å². The van der Waals surface area contributed by atoms with Gasteiger partial charge in [0.1, 0.15) is 5.52 Å². The maximum absolute atomic E-state index is 4.57. The molecular weight excluding hydrogens is 302 g/mol. The van der Waals surface area contributed by atoms with Crippen LogP contribution < -0.4 is 5.43 Å². The van der Waals surface area contributed by atoms with Crippen LogP contribution in [0, 0.1) is 0 Å². The molecule has 0 aliphatic carbocycles. The number of aryl methyl sites for hydroxylation is 1. The molecule has 0 atom stereocenters. The van der Waals surface area contributed by atoms with Crippen molar-refractivity contribution in [2.45, 2.75) is 13.5 Å². The number of nitrogens with one attached hydrogen (secondary N) is 1. The number of aromatic nitrogens is 5. The van der Waals surface area contributed by atoms with Crippen LogP contribution in [0.5, 0.6) is 0 Å². The molecule has 3 heterocycles. The molecule has 7 nitrogen and oxygen atoms in total. The summed E-state index contributed by atoms with van der Waals surface area (Å²) in [5, 5.41) is 13.7. The highest BCUT2D eigenvalue weighted by atomic mass is 15.4. The molecule has 24 heavy (non-hydrogen) atoms. The molecule has 3 aromatic heterocycles. The Morgan fingerprint density at radius 1 is 1.12 bits per heavy atom. The molecule has 4 aromatic rings. The van der Waals surface area contributed by atoms with Gasteiger partial charge in [-0.1, -0.05) is 18.2 Å². The first-order valence-corrected chi connectivity index (χ1v) is 7.67. The zero-order chi connectivity index (χ0) is 16.4. The molecule has 4 rings (SSSR count). The van der Waals surface area contributed by atoms with Gasteiger partial charge >= 0.3 is 0 Å². The first-order chi connectivity index (χ1) is 11.9. The molecule has 0 aliphatic rings. The van der Waals surface area contributed by atoms with Crippen LogP contribution in [-0.2, 0) is 6.54 Å². The zero-order valence-corrected chi connectivity index (χ0v) is 13.1. The van der Waals surface area contributed by atoms with Gasteiger partial charge in [-0.3, -0.25) is 4.98 Å². The van der Waals surface area contributed by atoms with Crippen molar-refractivity contribution in [2.24, 2.45) is 5.10 Å². The maximum Gasteiger partial charge on any atom is 0.265 e. The Hall–Kier alpha value is -3.35. The zero-order valence-electron chi connectivity index (χ0n) is 13.1. The Labute approximate surface area is 138 Å². The quantitative estimate of drug-likeness (QED) is 0.462. The summed E-state index contributed by atoms with van der Waals surface area (Å²) >= 11 is 0. The smallest absolute Gasteiger partial charge is 0.265 e. The number of para-hydroxylation sites is 1. The largest absolute Gasteiger partial charge is 0.324 e. The first-order valence-electron chi connectivity index (χ1n) is 7.67. The van der Waals surface area contributed by atoms with Crippen LogP contribution >= 0.6 is 0 Å². The van der Waals surface area contributed by atoms with Crippen LogP contribution in [-0.4, -0.2) is 30.9 Å². The molecule has 0 amide bonds. The van der Waals surface area contributed by atoms with Crippen molar-refractivity contribution in [3.63, 3.8) is 0 Å². The van der Waals surface area contributed by atoms with E-state index in [2.05, 4.69) is 48.2 Å². The number of anilines is 1. The number of hydrazone groups is 1.